The van der Waals surface area contributed by atoms with E-state index in [0.29, 0.717) is 5.56 Å². The van der Waals surface area contributed by atoms with Crippen LogP contribution in [0.2, 0.25) is 0 Å². The monoisotopic (exact) mass is 335 g/mol. The fourth-order valence-corrected chi connectivity index (χ4v) is 3.25. The van der Waals surface area contributed by atoms with Gasteiger partial charge in [0.05, 0.1) is 18.4 Å². The Morgan fingerprint density at radius 2 is 1.83 bits per heavy atom. The summed E-state index contributed by atoms with van der Waals surface area (Å²) in [5.74, 6) is 0.460. The van der Waals surface area contributed by atoms with Gasteiger partial charge in [0.25, 0.3) is 0 Å². The predicted molar refractivity (Wildman–Crippen MR) is 97.0 cm³/mol. The van der Waals surface area contributed by atoms with E-state index < -0.39 is 0 Å². The maximum Gasteiger partial charge on any atom is 0.338 e. The van der Waals surface area contributed by atoms with Crippen molar-refractivity contribution in [2.75, 3.05) is 7.11 Å². The number of methoxy groups -OCH3 is 1. The van der Waals surface area contributed by atoms with E-state index in [4.69, 9.17) is 4.74 Å². The topological polar surface area (TPSA) is 39.2 Å². The molecule has 0 saturated heterocycles. The number of aromatic nitrogens is 1. The van der Waals surface area contributed by atoms with Gasteiger partial charge >= 0.3 is 5.97 Å². The zero-order valence-corrected chi connectivity index (χ0v) is 14.1. The SMILES string of the molecule is COC(=O)c1ccc(SCc2ccccn2)cc1-c1ccccc1. The standard InChI is InChI=1S/C20H17NO2S/c1-23-20(22)18-11-10-17(24-14-16-9-5-6-12-21-16)13-19(18)15-7-3-2-4-8-15/h2-13H,14H2,1H3. The van der Waals surface area contributed by atoms with Gasteiger partial charge in [0.2, 0.25) is 0 Å². The number of hydrogen-bond acceptors (Lipinski definition) is 4. The zero-order valence-electron chi connectivity index (χ0n) is 13.3. The molecule has 0 aliphatic rings. The Hall–Kier alpha value is -2.59. The van der Waals surface area contributed by atoms with Crippen LogP contribution in [-0.4, -0.2) is 18.1 Å². The molecule has 0 radical (unpaired) electrons. The molecule has 0 aliphatic heterocycles. The molecule has 1 aromatic heterocycles. The number of carbonyl (C=O) groups is 1. The summed E-state index contributed by atoms with van der Waals surface area (Å²) in [6.07, 6.45) is 1.80. The molecule has 0 unspecified atom stereocenters. The minimum absolute atomic E-state index is 0.324. The first-order chi connectivity index (χ1) is 11.8. The van der Waals surface area contributed by atoms with Gasteiger partial charge < -0.3 is 4.74 Å². The highest BCUT2D eigenvalue weighted by molar-refractivity contribution is 7.98. The molecule has 4 heteroatoms. The number of pyridine rings is 1. The van der Waals surface area contributed by atoms with Crippen molar-refractivity contribution < 1.29 is 9.53 Å². The van der Waals surface area contributed by atoms with Gasteiger partial charge in [-0.15, -0.1) is 11.8 Å². The number of benzene rings is 2. The minimum atomic E-state index is -0.324. The maximum atomic E-state index is 12.1. The van der Waals surface area contributed by atoms with Gasteiger partial charge in [0.1, 0.15) is 0 Å². The Labute approximate surface area is 145 Å². The van der Waals surface area contributed by atoms with E-state index in [1.165, 1.54) is 7.11 Å². The average molecular weight is 335 g/mol. The molecule has 24 heavy (non-hydrogen) atoms. The summed E-state index contributed by atoms with van der Waals surface area (Å²) >= 11 is 1.70. The predicted octanol–water partition coefficient (Wildman–Crippen LogP) is 4.83. The van der Waals surface area contributed by atoms with Crippen molar-refractivity contribution in [3.8, 4) is 11.1 Å². The van der Waals surface area contributed by atoms with E-state index in [0.717, 1.165) is 27.5 Å². The van der Waals surface area contributed by atoms with Crippen LogP contribution < -0.4 is 0 Å². The second kappa shape index (κ2) is 7.79. The first-order valence-corrected chi connectivity index (χ1v) is 8.57. The van der Waals surface area contributed by atoms with Gasteiger partial charge in [-0.25, -0.2) is 4.79 Å². The lowest BCUT2D eigenvalue weighted by Crippen LogP contribution is -2.03. The molecular formula is C20H17NO2S. The number of nitrogens with zero attached hydrogens (tertiary/aromatic N) is 1. The van der Waals surface area contributed by atoms with E-state index in [1.54, 1.807) is 18.0 Å². The molecule has 0 spiro atoms. The van der Waals surface area contributed by atoms with Crippen molar-refractivity contribution in [1.82, 2.24) is 4.98 Å². The largest absolute Gasteiger partial charge is 0.465 e. The Morgan fingerprint density at radius 1 is 1.04 bits per heavy atom. The smallest absolute Gasteiger partial charge is 0.338 e. The van der Waals surface area contributed by atoms with Gasteiger partial charge in [-0.05, 0) is 41.5 Å². The fourth-order valence-electron chi connectivity index (χ4n) is 2.40. The molecule has 3 aromatic rings. The van der Waals surface area contributed by atoms with Gasteiger partial charge in [0, 0.05) is 16.8 Å². The Kier molecular flexibility index (Phi) is 5.29. The molecule has 0 saturated carbocycles. The van der Waals surface area contributed by atoms with Crippen LogP contribution in [0, 0.1) is 0 Å². The molecule has 2 aromatic carbocycles. The summed E-state index contributed by atoms with van der Waals surface area (Å²) in [6.45, 7) is 0. The van der Waals surface area contributed by atoms with Crippen LogP contribution in [0.3, 0.4) is 0 Å². The average Bonchev–Trinajstić information content (AvgIpc) is 2.67. The maximum absolute atomic E-state index is 12.1. The third-order valence-corrected chi connectivity index (χ3v) is 4.62. The highest BCUT2D eigenvalue weighted by atomic mass is 32.2. The molecule has 0 fully saturated rings. The van der Waals surface area contributed by atoms with Gasteiger partial charge in [-0.2, -0.15) is 0 Å². The minimum Gasteiger partial charge on any atom is -0.465 e. The molecule has 0 atom stereocenters. The van der Waals surface area contributed by atoms with Crippen molar-refractivity contribution in [2.45, 2.75) is 10.6 Å². The molecule has 1 heterocycles. The highest BCUT2D eigenvalue weighted by Crippen LogP contribution is 2.31. The van der Waals surface area contributed by atoms with E-state index >= 15 is 0 Å². The second-order valence-electron chi connectivity index (χ2n) is 5.17. The summed E-state index contributed by atoms with van der Waals surface area (Å²) in [5, 5.41) is 0. The Bertz CT molecular complexity index is 820. The molecule has 0 N–H and O–H groups in total. The molecule has 120 valence electrons. The first-order valence-electron chi connectivity index (χ1n) is 7.58. The summed E-state index contributed by atoms with van der Waals surface area (Å²) < 4.78 is 4.91. The van der Waals surface area contributed by atoms with Crippen LogP contribution in [0.1, 0.15) is 16.1 Å². The van der Waals surface area contributed by atoms with Crippen LogP contribution in [0.4, 0.5) is 0 Å². The normalized spacial score (nSPS) is 10.4. The van der Waals surface area contributed by atoms with E-state index in [1.807, 2.05) is 66.7 Å². The molecule has 0 bridgehead atoms. The van der Waals surface area contributed by atoms with Crippen LogP contribution in [0.15, 0.2) is 77.8 Å². The van der Waals surface area contributed by atoms with Gasteiger partial charge in [-0.3, -0.25) is 4.98 Å². The van der Waals surface area contributed by atoms with Crippen molar-refractivity contribution in [2.24, 2.45) is 0 Å². The van der Waals surface area contributed by atoms with Crippen molar-refractivity contribution in [3.05, 3.63) is 84.2 Å². The van der Waals surface area contributed by atoms with Crippen LogP contribution in [0.5, 0.6) is 0 Å². The van der Waals surface area contributed by atoms with Crippen LogP contribution in [-0.2, 0) is 10.5 Å². The summed E-state index contributed by atoms with van der Waals surface area (Å²) in [5.41, 5.74) is 3.48. The summed E-state index contributed by atoms with van der Waals surface area (Å²) in [7, 11) is 1.40. The van der Waals surface area contributed by atoms with Crippen LogP contribution in [0.25, 0.3) is 11.1 Å². The van der Waals surface area contributed by atoms with Crippen molar-refractivity contribution in [1.29, 1.82) is 0 Å². The van der Waals surface area contributed by atoms with Gasteiger partial charge in [0.15, 0.2) is 0 Å². The van der Waals surface area contributed by atoms with E-state index in [9.17, 15) is 4.79 Å². The number of hydrogen-bond donors (Lipinski definition) is 0. The fraction of sp³-hybridized carbons (Fsp3) is 0.100. The molecular weight excluding hydrogens is 318 g/mol. The number of carbonyl (C=O) groups excluding carboxylic acids is 1. The van der Waals surface area contributed by atoms with Crippen LogP contribution >= 0.6 is 11.8 Å². The summed E-state index contributed by atoms with van der Waals surface area (Å²) in [4.78, 5) is 17.5. The molecule has 3 nitrogen and oxygen atoms in total. The van der Waals surface area contributed by atoms with E-state index in [-0.39, 0.29) is 5.97 Å². The lowest BCUT2D eigenvalue weighted by Gasteiger charge is -2.11. The van der Waals surface area contributed by atoms with E-state index in [2.05, 4.69) is 4.98 Å². The second-order valence-corrected chi connectivity index (χ2v) is 6.22. The lowest BCUT2D eigenvalue weighted by molar-refractivity contribution is 0.0601. The molecule has 0 aliphatic carbocycles. The lowest BCUT2D eigenvalue weighted by atomic mass is 10.00. The van der Waals surface area contributed by atoms with Crippen molar-refractivity contribution >= 4 is 17.7 Å². The van der Waals surface area contributed by atoms with Gasteiger partial charge in [-0.1, -0.05) is 36.4 Å². The zero-order chi connectivity index (χ0) is 16.8. The third-order valence-electron chi connectivity index (χ3n) is 3.59. The third kappa shape index (κ3) is 3.84. The summed E-state index contributed by atoms with van der Waals surface area (Å²) in [6, 6.07) is 21.6. The molecule has 3 rings (SSSR count). The number of thioether (sulfide) groups is 1. The Morgan fingerprint density at radius 3 is 2.54 bits per heavy atom. The van der Waals surface area contributed by atoms with Crippen molar-refractivity contribution in [3.63, 3.8) is 0 Å². The Balaban J connectivity index is 1.91. The molecule has 0 amide bonds. The quantitative estimate of drug-likeness (QED) is 0.495. The number of esters is 1. The number of ether oxygens (including phenoxy) is 1. The first kappa shape index (κ1) is 16.3. The number of rotatable bonds is 5. The highest BCUT2D eigenvalue weighted by Gasteiger charge is 2.14.